The first-order valence-corrected chi connectivity index (χ1v) is 9.33. The zero-order valence-electron chi connectivity index (χ0n) is 16.9. The van der Waals surface area contributed by atoms with Crippen LogP contribution in [0.3, 0.4) is 0 Å². The highest BCUT2D eigenvalue weighted by Crippen LogP contribution is 2.27. The minimum atomic E-state index is -1.42. The molecule has 0 heterocycles. The minimum Gasteiger partial charge on any atom is -0.493 e. The number of carbonyl (C=O) groups is 1. The molecule has 0 amide bonds. The molecule has 0 saturated heterocycles. The zero-order chi connectivity index (χ0) is 20.7. The third-order valence-electron chi connectivity index (χ3n) is 4.91. The van der Waals surface area contributed by atoms with Crippen molar-refractivity contribution < 1.29 is 24.5 Å². The number of aryl methyl sites for hydroxylation is 1. The van der Waals surface area contributed by atoms with Gasteiger partial charge in [0.2, 0.25) is 0 Å². The Balaban J connectivity index is 2.13. The zero-order valence-corrected chi connectivity index (χ0v) is 16.9. The highest BCUT2D eigenvalue weighted by atomic mass is 16.5. The molecule has 28 heavy (non-hydrogen) atoms. The van der Waals surface area contributed by atoms with Gasteiger partial charge in [0.25, 0.3) is 0 Å². The fourth-order valence-corrected chi connectivity index (χ4v) is 2.68. The predicted octanol–water partition coefficient (Wildman–Crippen LogP) is 3.21. The molecule has 2 aromatic carbocycles. The summed E-state index contributed by atoms with van der Waals surface area (Å²) in [6, 6.07) is 11.6. The van der Waals surface area contributed by atoms with Gasteiger partial charge < -0.3 is 19.7 Å². The molecule has 0 aliphatic heterocycles. The molecular weight excluding hydrogens is 358 g/mol. The fraction of sp³-hybridized carbons (Fsp3) is 0.409. The molecule has 3 N–H and O–H groups in total. The van der Waals surface area contributed by atoms with Crippen molar-refractivity contribution in [3.8, 4) is 11.5 Å². The van der Waals surface area contributed by atoms with E-state index in [0.717, 1.165) is 11.1 Å². The number of carboxylic acid groups (broad SMARTS) is 1. The summed E-state index contributed by atoms with van der Waals surface area (Å²) in [5, 5.41) is 21.5. The molecular formula is C22H29NO5. The Morgan fingerprint density at radius 1 is 1.14 bits per heavy atom. The van der Waals surface area contributed by atoms with Gasteiger partial charge in [-0.25, -0.2) is 0 Å². The number of nitrogens with one attached hydrogen (secondary N) is 1. The van der Waals surface area contributed by atoms with E-state index < -0.39 is 18.1 Å². The van der Waals surface area contributed by atoms with Crippen molar-refractivity contribution in [2.45, 2.75) is 46.4 Å². The molecule has 0 saturated carbocycles. The average molecular weight is 387 g/mol. The number of aliphatic carboxylic acids is 1. The Morgan fingerprint density at radius 3 is 2.54 bits per heavy atom. The van der Waals surface area contributed by atoms with Crippen molar-refractivity contribution in [1.82, 2.24) is 5.32 Å². The molecule has 2 aromatic rings. The smallest absolute Gasteiger partial charge is 0.326 e. The van der Waals surface area contributed by atoms with E-state index in [2.05, 4.69) is 25.2 Å². The van der Waals surface area contributed by atoms with E-state index in [-0.39, 0.29) is 6.54 Å². The maximum Gasteiger partial charge on any atom is 0.326 e. The summed E-state index contributed by atoms with van der Waals surface area (Å²) >= 11 is 0. The number of hydrogen-bond acceptors (Lipinski definition) is 5. The van der Waals surface area contributed by atoms with Crippen LogP contribution in [0.4, 0.5) is 0 Å². The van der Waals surface area contributed by atoms with Crippen molar-refractivity contribution >= 4 is 5.97 Å². The van der Waals surface area contributed by atoms with Gasteiger partial charge in [0.1, 0.15) is 23.6 Å². The van der Waals surface area contributed by atoms with Crippen molar-refractivity contribution in [2.24, 2.45) is 0 Å². The molecule has 0 fully saturated rings. The van der Waals surface area contributed by atoms with Gasteiger partial charge in [-0.1, -0.05) is 24.3 Å². The molecule has 0 spiro atoms. The molecule has 0 bridgehead atoms. The summed E-state index contributed by atoms with van der Waals surface area (Å²) in [5.74, 6) is 0.192. The Kier molecular flexibility index (Phi) is 7.43. The molecule has 0 aliphatic rings. The summed E-state index contributed by atoms with van der Waals surface area (Å²) in [5.41, 5.74) is 2.94. The summed E-state index contributed by atoms with van der Waals surface area (Å²) < 4.78 is 11.6. The number of aliphatic hydroxyl groups is 1. The average Bonchev–Trinajstić information content (AvgIpc) is 2.68. The van der Waals surface area contributed by atoms with Crippen LogP contribution in [0.2, 0.25) is 0 Å². The molecule has 152 valence electrons. The number of aliphatic hydroxyl groups excluding tert-OH is 1. The van der Waals surface area contributed by atoms with Crippen LogP contribution in [-0.2, 0) is 17.9 Å². The van der Waals surface area contributed by atoms with Crippen LogP contribution in [0, 0.1) is 13.8 Å². The second-order valence-electron chi connectivity index (χ2n) is 7.00. The summed E-state index contributed by atoms with van der Waals surface area (Å²) in [4.78, 5) is 11.3. The number of benzene rings is 2. The van der Waals surface area contributed by atoms with E-state index >= 15 is 0 Å². The van der Waals surface area contributed by atoms with Gasteiger partial charge in [-0.05, 0) is 50.5 Å². The first kappa shape index (κ1) is 21.7. The molecule has 6 nitrogen and oxygen atoms in total. The van der Waals surface area contributed by atoms with Gasteiger partial charge in [-0.3, -0.25) is 10.1 Å². The standard InChI is InChI=1S/C22H29NO5/c1-5-27-20-11-19(28-13-18-8-6-7-15(2)16(18)3)10-9-17(20)12-23-22(4,14-24)21(25)26/h6-11,23-24H,5,12-14H2,1-4H3,(H,25,26)/t22-/m0/s1. The topological polar surface area (TPSA) is 88.0 Å². The van der Waals surface area contributed by atoms with E-state index in [0.29, 0.717) is 24.7 Å². The van der Waals surface area contributed by atoms with Crippen LogP contribution in [0.15, 0.2) is 36.4 Å². The van der Waals surface area contributed by atoms with Gasteiger partial charge in [-0.15, -0.1) is 0 Å². The Bertz CT molecular complexity index is 821. The van der Waals surface area contributed by atoms with Crippen LogP contribution in [0.25, 0.3) is 0 Å². The summed E-state index contributed by atoms with van der Waals surface area (Å²) in [6.45, 7) is 8.15. The van der Waals surface area contributed by atoms with E-state index in [4.69, 9.17) is 9.47 Å². The van der Waals surface area contributed by atoms with Crippen molar-refractivity contribution in [1.29, 1.82) is 0 Å². The predicted molar refractivity (Wildman–Crippen MR) is 108 cm³/mol. The van der Waals surface area contributed by atoms with E-state index in [1.807, 2.05) is 37.3 Å². The van der Waals surface area contributed by atoms with Crippen molar-refractivity contribution in [3.05, 3.63) is 58.7 Å². The number of rotatable bonds is 10. The molecule has 1 atom stereocenters. The van der Waals surface area contributed by atoms with Gasteiger partial charge in [0, 0.05) is 18.2 Å². The maximum atomic E-state index is 11.3. The molecule has 2 rings (SSSR count). The molecule has 0 aromatic heterocycles. The number of carboxylic acids is 1. The first-order chi connectivity index (χ1) is 13.3. The third-order valence-corrected chi connectivity index (χ3v) is 4.91. The van der Waals surface area contributed by atoms with Gasteiger partial charge in [0.05, 0.1) is 13.2 Å². The van der Waals surface area contributed by atoms with Gasteiger partial charge in [-0.2, -0.15) is 0 Å². The van der Waals surface area contributed by atoms with E-state index in [1.54, 1.807) is 0 Å². The lowest BCUT2D eigenvalue weighted by molar-refractivity contribution is -0.145. The van der Waals surface area contributed by atoms with E-state index in [9.17, 15) is 15.0 Å². The summed E-state index contributed by atoms with van der Waals surface area (Å²) in [7, 11) is 0. The summed E-state index contributed by atoms with van der Waals surface area (Å²) in [6.07, 6.45) is 0. The lowest BCUT2D eigenvalue weighted by Crippen LogP contribution is -2.52. The largest absolute Gasteiger partial charge is 0.493 e. The van der Waals surface area contributed by atoms with E-state index in [1.165, 1.54) is 18.1 Å². The SMILES string of the molecule is CCOc1cc(OCc2cccc(C)c2C)ccc1CN[C@@](C)(CO)C(=O)O. The van der Waals surface area contributed by atoms with Crippen molar-refractivity contribution in [3.63, 3.8) is 0 Å². The second-order valence-corrected chi connectivity index (χ2v) is 7.00. The molecule has 0 aliphatic carbocycles. The molecule has 0 radical (unpaired) electrons. The Hall–Kier alpha value is -2.57. The maximum absolute atomic E-state index is 11.3. The van der Waals surface area contributed by atoms with Crippen LogP contribution >= 0.6 is 0 Å². The van der Waals surface area contributed by atoms with Crippen LogP contribution < -0.4 is 14.8 Å². The number of hydrogen-bond donors (Lipinski definition) is 3. The van der Waals surface area contributed by atoms with Crippen molar-refractivity contribution in [2.75, 3.05) is 13.2 Å². The minimum absolute atomic E-state index is 0.246. The monoisotopic (exact) mass is 387 g/mol. The highest BCUT2D eigenvalue weighted by Gasteiger charge is 2.31. The fourth-order valence-electron chi connectivity index (χ4n) is 2.68. The van der Waals surface area contributed by atoms with Gasteiger partial charge >= 0.3 is 5.97 Å². The quantitative estimate of drug-likeness (QED) is 0.580. The molecule has 0 unspecified atom stereocenters. The lowest BCUT2D eigenvalue weighted by atomic mass is 10.0. The van der Waals surface area contributed by atoms with Gasteiger partial charge in [0.15, 0.2) is 0 Å². The third kappa shape index (κ3) is 5.24. The van der Waals surface area contributed by atoms with Crippen LogP contribution in [-0.4, -0.2) is 34.9 Å². The second kappa shape index (κ2) is 9.57. The van der Waals surface area contributed by atoms with Crippen LogP contribution in [0.5, 0.6) is 11.5 Å². The highest BCUT2D eigenvalue weighted by molar-refractivity contribution is 5.78. The Morgan fingerprint density at radius 2 is 1.89 bits per heavy atom. The number of ether oxygens (including phenoxy) is 2. The lowest BCUT2D eigenvalue weighted by Gasteiger charge is -2.24. The van der Waals surface area contributed by atoms with Crippen LogP contribution in [0.1, 0.15) is 36.1 Å². The Labute approximate surface area is 166 Å². The first-order valence-electron chi connectivity index (χ1n) is 9.33. The normalized spacial score (nSPS) is 13.0. The molecule has 6 heteroatoms.